The third-order valence-electron chi connectivity index (χ3n) is 3.50. The Bertz CT molecular complexity index is 1130. The molecule has 0 amide bonds. The Labute approximate surface area is 170 Å². The molecule has 140 valence electrons. The normalized spacial score (nSPS) is 11.4. The Morgan fingerprint density at radius 3 is 2.48 bits per heavy atom. The first-order valence-electron chi connectivity index (χ1n) is 7.19. The Morgan fingerprint density at radius 1 is 1.19 bits per heavy atom. The van der Waals surface area contributed by atoms with Crippen LogP contribution in [0.5, 0.6) is 0 Å². The molecule has 6 nitrogen and oxygen atoms in total. The topological polar surface area (TPSA) is 89.3 Å². The fraction of sp³-hybridized carbons (Fsp3) is 0. The molecule has 2 aromatic carbocycles. The molecule has 0 unspecified atom stereocenters. The van der Waals surface area contributed by atoms with Crippen molar-refractivity contribution in [2.24, 2.45) is 0 Å². The molecule has 0 aliphatic rings. The fourth-order valence-corrected chi connectivity index (χ4v) is 5.09. The summed E-state index contributed by atoms with van der Waals surface area (Å²) in [5, 5.41) is 13.4. The number of benzene rings is 2. The molecule has 1 N–H and O–H groups in total. The molecule has 3 aromatic rings. The predicted octanol–water partition coefficient (Wildman–Crippen LogP) is 5.68. The van der Waals surface area contributed by atoms with E-state index in [1.165, 1.54) is 17.4 Å². The van der Waals surface area contributed by atoms with Crippen LogP contribution in [0.4, 0.5) is 15.8 Å². The lowest BCUT2D eigenvalue weighted by molar-refractivity contribution is -0.388. The lowest BCUT2D eigenvalue weighted by Crippen LogP contribution is -2.15. The van der Waals surface area contributed by atoms with Crippen LogP contribution in [0, 0.1) is 15.9 Å². The van der Waals surface area contributed by atoms with Crippen LogP contribution in [0.2, 0.25) is 5.02 Å². The molecular weight excluding hydrogens is 483 g/mol. The molecule has 0 saturated carbocycles. The lowest BCUT2D eigenvalue weighted by Gasteiger charge is -2.10. The lowest BCUT2D eigenvalue weighted by atomic mass is 10.2. The standard InChI is InChI=1S/C16H9BrClFN2O4S2/c17-11-7-15(14(21(22)23)8-12(11)19)27(24,25)20-13-5-6-26-16(13)9-1-3-10(18)4-2-9/h1-8,20H. The maximum absolute atomic E-state index is 13.6. The second kappa shape index (κ2) is 7.55. The smallest absolute Gasteiger partial charge is 0.278 e. The summed E-state index contributed by atoms with van der Waals surface area (Å²) in [6, 6.07) is 9.74. The molecule has 0 fully saturated rings. The van der Waals surface area contributed by atoms with Crippen molar-refractivity contribution < 1.29 is 17.7 Å². The number of thiophene rings is 1. The van der Waals surface area contributed by atoms with E-state index in [2.05, 4.69) is 20.7 Å². The zero-order chi connectivity index (χ0) is 19.8. The first kappa shape index (κ1) is 19.7. The zero-order valence-electron chi connectivity index (χ0n) is 13.1. The van der Waals surface area contributed by atoms with Crippen molar-refractivity contribution in [3.63, 3.8) is 0 Å². The van der Waals surface area contributed by atoms with E-state index >= 15 is 0 Å². The number of nitro benzene ring substituents is 1. The molecule has 1 aromatic heterocycles. The number of halogens is 3. The van der Waals surface area contributed by atoms with Crippen molar-refractivity contribution in [3.05, 3.63) is 73.3 Å². The van der Waals surface area contributed by atoms with Crippen LogP contribution in [-0.2, 0) is 10.0 Å². The summed E-state index contributed by atoms with van der Waals surface area (Å²) in [5.41, 5.74) is 0.116. The average Bonchev–Trinajstić information content (AvgIpc) is 3.04. The van der Waals surface area contributed by atoms with Crippen molar-refractivity contribution in [3.8, 4) is 10.4 Å². The third kappa shape index (κ3) is 4.13. The van der Waals surface area contributed by atoms with Gasteiger partial charge in [0.15, 0.2) is 4.90 Å². The van der Waals surface area contributed by atoms with Gasteiger partial charge in [-0.25, -0.2) is 12.8 Å². The molecule has 27 heavy (non-hydrogen) atoms. The highest BCUT2D eigenvalue weighted by Crippen LogP contribution is 2.37. The summed E-state index contributed by atoms with van der Waals surface area (Å²) in [6.45, 7) is 0. The van der Waals surface area contributed by atoms with Crippen molar-refractivity contribution in [2.45, 2.75) is 4.90 Å². The van der Waals surface area contributed by atoms with E-state index in [0.29, 0.717) is 16.0 Å². The summed E-state index contributed by atoms with van der Waals surface area (Å²) < 4.78 is 41.3. The molecule has 0 aliphatic carbocycles. The first-order valence-corrected chi connectivity index (χ1v) is 10.7. The van der Waals surface area contributed by atoms with Gasteiger partial charge in [-0.2, -0.15) is 0 Å². The van der Waals surface area contributed by atoms with Gasteiger partial charge in [-0.15, -0.1) is 11.3 Å². The molecule has 0 radical (unpaired) electrons. The first-order chi connectivity index (χ1) is 12.7. The van der Waals surface area contributed by atoms with Gasteiger partial charge in [0, 0.05) is 5.02 Å². The minimum atomic E-state index is -4.34. The van der Waals surface area contributed by atoms with Gasteiger partial charge in [-0.05, 0) is 51.1 Å². The van der Waals surface area contributed by atoms with E-state index in [1.54, 1.807) is 29.6 Å². The van der Waals surface area contributed by atoms with E-state index in [-0.39, 0.29) is 10.2 Å². The highest BCUT2D eigenvalue weighted by Gasteiger charge is 2.29. The van der Waals surface area contributed by atoms with Crippen LogP contribution in [0.1, 0.15) is 0 Å². The number of anilines is 1. The Morgan fingerprint density at radius 2 is 1.85 bits per heavy atom. The highest BCUT2D eigenvalue weighted by molar-refractivity contribution is 9.10. The van der Waals surface area contributed by atoms with Crippen LogP contribution in [-0.4, -0.2) is 13.3 Å². The highest BCUT2D eigenvalue weighted by atomic mass is 79.9. The SMILES string of the molecule is O=[N+]([O-])c1cc(F)c(Br)cc1S(=O)(=O)Nc1ccsc1-c1ccc(Cl)cc1. The summed E-state index contributed by atoms with van der Waals surface area (Å²) in [7, 11) is -4.34. The number of hydrogen-bond donors (Lipinski definition) is 1. The van der Waals surface area contributed by atoms with E-state index in [4.69, 9.17) is 11.6 Å². The Balaban J connectivity index is 2.05. The Kier molecular flexibility index (Phi) is 5.52. The van der Waals surface area contributed by atoms with Crippen LogP contribution >= 0.6 is 38.9 Å². The number of nitrogens with zero attached hydrogens (tertiary/aromatic N) is 1. The van der Waals surface area contributed by atoms with Gasteiger partial charge >= 0.3 is 0 Å². The number of rotatable bonds is 5. The van der Waals surface area contributed by atoms with Gasteiger partial charge in [-0.1, -0.05) is 23.7 Å². The molecule has 11 heteroatoms. The maximum Gasteiger partial charge on any atom is 0.292 e. The van der Waals surface area contributed by atoms with Crippen LogP contribution in [0.25, 0.3) is 10.4 Å². The average molecular weight is 492 g/mol. The molecule has 0 spiro atoms. The van der Waals surface area contributed by atoms with Gasteiger partial charge < -0.3 is 0 Å². The monoisotopic (exact) mass is 490 g/mol. The van der Waals surface area contributed by atoms with E-state index in [1.807, 2.05) is 0 Å². The molecule has 1 heterocycles. The second-order valence-electron chi connectivity index (χ2n) is 5.27. The summed E-state index contributed by atoms with van der Waals surface area (Å²) in [5.74, 6) is -0.932. The van der Waals surface area contributed by atoms with Gasteiger partial charge in [0.1, 0.15) is 5.82 Å². The Hall–Kier alpha value is -2.01. The quantitative estimate of drug-likeness (QED) is 0.367. The minimum absolute atomic E-state index is 0.197. The van der Waals surface area contributed by atoms with Crippen molar-refractivity contribution in [2.75, 3.05) is 4.72 Å². The fourth-order valence-electron chi connectivity index (χ4n) is 2.29. The van der Waals surface area contributed by atoms with Gasteiger partial charge in [0.2, 0.25) is 0 Å². The number of sulfonamides is 1. The minimum Gasteiger partial charge on any atom is -0.278 e. The molecular formula is C16H9BrClFN2O4S2. The van der Waals surface area contributed by atoms with Gasteiger partial charge in [-0.3, -0.25) is 14.8 Å². The summed E-state index contributed by atoms with van der Waals surface area (Å²) >= 11 is 10.0. The largest absolute Gasteiger partial charge is 0.292 e. The second-order valence-corrected chi connectivity index (χ2v) is 9.12. The van der Waals surface area contributed by atoms with Crippen LogP contribution in [0.15, 0.2) is 57.2 Å². The maximum atomic E-state index is 13.6. The predicted molar refractivity (Wildman–Crippen MR) is 106 cm³/mol. The zero-order valence-corrected chi connectivity index (χ0v) is 17.1. The van der Waals surface area contributed by atoms with Crippen molar-refractivity contribution in [1.82, 2.24) is 0 Å². The number of nitro groups is 1. The van der Waals surface area contributed by atoms with Crippen LogP contribution in [0.3, 0.4) is 0 Å². The van der Waals surface area contributed by atoms with Crippen LogP contribution < -0.4 is 4.72 Å². The molecule has 3 rings (SSSR count). The summed E-state index contributed by atoms with van der Waals surface area (Å²) in [6.07, 6.45) is 0. The van der Waals surface area contributed by atoms with Gasteiger partial charge in [0.25, 0.3) is 15.7 Å². The summed E-state index contributed by atoms with van der Waals surface area (Å²) in [4.78, 5) is 10.2. The van der Waals surface area contributed by atoms with Crippen molar-refractivity contribution >= 4 is 60.3 Å². The number of nitrogens with one attached hydrogen (secondary N) is 1. The number of hydrogen-bond acceptors (Lipinski definition) is 5. The van der Waals surface area contributed by atoms with Crippen molar-refractivity contribution in [1.29, 1.82) is 0 Å². The van der Waals surface area contributed by atoms with E-state index in [0.717, 1.165) is 11.6 Å². The molecule has 0 aliphatic heterocycles. The molecule has 0 saturated heterocycles. The van der Waals surface area contributed by atoms with E-state index < -0.39 is 31.3 Å². The van der Waals surface area contributed by atoms with E-state index in [9.17, 15) is 22.9 Å². The van der Waals surface area contributed by atoms with Gasteiger partial charge in [0.05, 0.1) is 26.0 Å². The third-order valence-corrected chi connectivity index (χ3v) is 6.72. The molecule has 0 bridgehead atoms. The molecule has 0 atom stereocenters.